The molecule has 0 aliphatic carbocycles. The third kappa shape index (κ3) is 2.22. The van der Waals surface area contributed by atoms with E-state index in [0.717, 1.165) is 43.3 Å². The molecule has 1 saturated heterocycles. The Morgan fingerprint density at radius 1 is 1.22 bits per heavy atom. The number of anilines is 1. The predicted octanol–water partition coefficient (Wildman–Crippen LogP) is 0.892. The first-order valence-corrected chi connectivity index (χ1v) is 6.25. The molecule has 0 unspecified atom stereocenters. The zero-order valence-corrected chi connectivity index (χ0v) is 10.5. The van der Waals surface area contributed by atoms with Gasteiger partial charge in [0.2, 0.25) is 0 Å². The fourth-order valence-corrected chi connectivity index (χ4v) is 2.21. The maximum atomic E-state index is 4.72. The molecule has 0 spiro atoms. The molecule has 0 bridgehead atoms. The highest BCUT2D eigenvalue weighted by Crippen LogP contribution is 2.20. The molecule has 1 aliphatic rings. The molecule has 2 aromatic heterocycles. The van der Waals surface area contributed by atoms with Crippen LogP contribution < -0.4 is 10.2 Å². The minimum absolute atomic E-state index is 0.985. The molecule has 0 amide bonds. The molecule has 0 saturated carbocycles. The molecule has 0 atom stereocenters. The Bertz CT molecular complexity index is 528. The lowest BCUT2D eigenvalue weighted by molar-refractivity contribution is 0.585. The van der Waals surface area contributed by atoms with Gasteiger partial charge in [0, 0.05) is 45.0 Å². The summed E-state index contributed by atoms with van der Waals surface area (Å²) in [4.78, 5) is 7.04. The molecule has 0 radical (unpaired) electrons. The zero-order valence-electron chi connectivity index (χ0n) is 10.5. The van der Waals surface area contributed by atoms with E-state index >= 15 is 0 Å². The summed E-state index contributed by atoms with van der Waals surface area (Å²) in [5.41, 5.74) is 2.05. The standard InChI is InChI=1S/C13H17N5/c1-17-10-11(9-15-17)12-3-2-4-13(16-12)18-7-5-14-6-8-18/h2-4,9-10,14H,5-8H2,1H3. The molecular formula is C13H17N5. The van der Waals surface area contributed by atoms with E-state index in [4.69, 9.17) is 4.98 Å². The van der Waals surface area contributed by atoms with E-state index in [0.29, 0.717) is 0 Å². The van der Waals surface area contributed by atoms with Crippen molar-refractivity contribution in [2.75, 3.05) is 31.1 Å². The Kier molecular flexibility index (Phi) is 2.98. The second-order valence-corrected chi connectivity index (χ2v) is 4.52. The van der Waals surface area contributed by atoms with Crippen molar-refractivity contribution in [3.05, 3.63) is 30.6 Å². The van der Waals surface area contributed by atoms with Gasteiger partial charge in [-0.2, -0.15) is 5.10 Å². The van der Waals surface area contributed by atoms with Crippen LogP contribution in [0.2, 0.25) is 0 Å². The van der Waals surface area contributed by atoms with Crippen LogP contribution in [-0.2, 0) is 7.05 Å². The number of nitrogens with one attached hydrogen (secondary N) is 1. The van der Waals surface area contributed by atoms with Crippen molar-refractivity contribution < 1.29 is 0 Å². The second-order valence-electron chi connectivity index (χ2n) is 4.52. The van der Waals surface area contributed by atoms with Crippen LogP contribution in [0.3, 0.4) is 0 Å². The van der Waals surface area contributed by atoms with E-state index in [2.05, 4.69) is 27.4 Å². The molecule has 3 rings (SSSR count). The SMILES string of the molecule is Cn1cc(-c2cccc(N3CCNCC3)n2)cn1. The number of aromatic nitrogens is 3. The number of rotatable bonds is 2. The largest absolute Gasteiger partial charge is 0.354 e. The third-order valence-corrected chi connectivity index (χ3v) is 3.18. The zero-order chi connectivity index (χ0) is 12.4. The fourth-order valence-electron chi connectivity index (χ4n) is 2.21. The molecule has 2 aromatic rings. The first-order chi connectivity index (χ1) is 8.83. The number of aryl methyl sites for hydroxylation is 1. The van der Waals surface area contributed by atoms with E-state index in [1.165, 1.54) is 0 Å². The monoisotopic (exact) mass is 243 g/mol. The molecule has 3 heterocycles. The summed E-state index contributed by atoms with van der Waals surface area (Å²) in [7, 11) is 1.92. The Morgan fingerprint density at radius 3 is 2.78 bits per heavy atom. The molecule has 5 nitrogen and oxygen atoms in total. The summed E-state index contributed by atoms with van der Waals surface area (Å²) in [5, 5.41) is 7.54. The summed E-state index contributed by atoms with van der Waals surface area (Å²) in [5.74, 6) is 1.05. The lowest BCUT2D eigenvalue weighted by atomic mass is 10.2. The van der Waals surface area contributed by atoms with Crippen LogP contribution in [-0.4, -0.2) is 40.9 Å². The minimum Gasteiger partial charge on any atom is -0.354 e. The van der Waals surface area contributed by atoms with Crippen LogP contribution in [0.25, 0.3) is 11.3 Å². The number of nitrogens with zero attached hydrogens (tertiary/aromatic N) is 4. The van der Waals surface area contributed by atoms with Crippen molar-refractivity contribution in [1.29, 1.82) is 0 Å². The first-order valence-electron chi connectivity index (χ1n) is 6.25. The van der Waals surface area contributed by atoms with Gasteiger partial charge in [0.15, 0.2) is 0 Å². The molecule has 1 fully saturated rings. The van der Waals surface area contributed by atoms with E-state index in [9.17, 15) is 0 Å². The number of hydrogen-bond donors (Lipinski definition) is 1. The van der Waals surface area contributed by atoms with Gasteiger partial charge in [-0.15, -0.1) is 0 Å². The van der Waals surface area contributed by atoms with Gasteiger partial charge in [-0.25, -0.2) is 4.98 Å². The number of pyridine rings is 1. The Hall–Kier alpha value is -1.88. The van der Waals surface area contributed by atoms with Crippen molar-refractivity contribution in [2.45, 2.75) is 0 Å². The minimum atomic E-state index is 0.985. The van der Waals surface area contributed by atoms with Crippen molar-refractivity contribution in [3.8, 4) is 11.3 Å². The quantitative estimate of drug-likeness (QED) is 0.851. The third-order valence-electron chi connectivity index (χ3n) is 3.18. The normalized spacial score (nSPS) is 15.9. The highest BCUT2D eigenvalue weighted by Gasteiger charge is 2.12. The van der Waals surface area contributed by atoms with Crippen LogP contribution in [0.5, 0.6) is 0 Å². The van der Waals surface area contributed by atoms with Gasteiger partial charge in [-0.05, 0) is 12.1 Å². The average Bonchev–Trinajstić information content (AvgIpc) is 2.87. The van der Waals surface area contributed by atoms with Crippen molar-refractivity contribution in [2.24, 2.45) is 7.05 Å². The topological polar surface area (TPSA) is 46.0 Å². The van der Waals surface area contributed by atoms with Crippen LogP contribution in [0.15, 0.2) is 30.6 Å². The Labute approximate surface area is 106 Å². The maximum Gasteiger partial charge on any atom is 0.129 e. The molecule has 18 heavy (non-hydrogen) atoms. The van der Waals surface area contributed by atoms with Gasteiger partial charge >= 0.3 is 0 Å². The van der Waals surface area contributed by atoms with Gasteiger partial charge in [0.25, 0.3) is 0 Å². The summed E-state index contributed by atoms with van der Waals surface area (Å²) in [6, 6.07) is 6.17. The number of hydrogen-bond acceptors (Lipinski definition) is 4. The van der Waals surface area contributed by atoms with Gasteiger partial charge in [-0.1, -0.05) is 6.07 Å². The molecule has 1 aliphatic heterocycles. The van der Waals surface area contributed by atoms with Gasteiger partial charge < -0.3 is 10.2 Å². The summed E-state index contributed by atoms with van der Waals surface area (Å²) in [6.45, 7) is 4.09. The van der Waals surface area contributed by atoms with Crippen LogP contribution in [0.4, 0.5) is 5.82 Å². The predicted molar refractivity (Wildman–Crippen MR) is 71.5 cm³/mol. The lowest BCUT2D eigenvalue weighted by Gasteiger charge is -2.28. The summed E-state index contributed by atoms with van der Waals surface area (Å²) in [6.07, 6.45) is 3.84. The van der Waals surface area contributed by atoms with Crippen molar-refractivity contribution in [1.82, 2.24) is 20.1 Å². The maximum absolute atomic E-state index is 4.72. The van der Waals surface area contributed by atoms with E-state index in [1.807, 2.05) is 25.5 Å². The van der Waals surface area contributed by atoms with Gasteiger partial charge in [0.05, 0.1) is 11.9 Å². The van der Waals surface area contributed by atoms with Crippen molar-refractivity contribution >= 4 is 5.82 Å². The molecule has 1 N–H and O–H groups in total. The Balaban J connectivity index is 1.88. The molecule has 0 aromatic carbocycles. The average molecular weight is 243 g/mol. The highest BCUT2D eigenvalue weighted by molar-refractivity contribution is 5.59. The number of piperazine rings is 1. The molecular weight excluding hydrogens is 226 g/mol. The van der Waals surface area contributed by atoms with Crippen LogP contribution in [0.1, 0.15) is 0 Å². The smallest absolute Gasteiger partial charge is 0.129 e. The van der Waals surface area contributed by atoms with E-state index < -0.39 is 0 Å². The fraction of sp³-hybridized carbons (Fsp3) is 0.385. The van der Waals surface area contributed by atoms with Crippen LogP contribution >= 0.6 is 0 Å². The molecule has 94 valence electrons. The van der Waals surface area contributed by atoms with Crippen molar-refractivity contribution in [3.63, 3.8) is 0 Å². The van der Waals surface area contributed by atoms with Gasteiger partial charge in [-0.3, -0.25) is 4.68 Å². The second kappa shape index (κ2) is 4.78. The van der Waals surface area contributed by atoms with E-state index in [1.54, 1.807) is 4.68 Å². The summed E-state index contributed by atoms with van der Waals surface area (Å²) < 4.78 is 1.80. The lowest BCUT2D eigenvalue weighted by Crippen LogP contribution is -2.43. The Morgan fingerprint density at radius 2 is 2.06 bits per heavy atom. The summed E-state index contributed by atoms with van der Waals surface area (Å²) >= 11 is 0. The highest BCUT2D eigenvalue weighted by atomic mass is 15.2. The first kappa shape index (κ1) is 11.2. The van der Waals surface area contributed by atoms with Crippen LogP contribution in [0, 0.1) is 0 Å². The van der Waals surface area contributed by atoms with E-state index in [-0.39, 0.29) is 0 Å². The van der Waals surface area contributed by atoms with Gasteiger partial charge in [0.1, 0.15) is 5.82 Å². The molecule has 5 heteroatoms.